The van der Waals surface area contributed by atoms with Crippen molar-refractivity contribution < 1.29 is 4.79 Å². The van der Waals surface area contributed by atoms with Gasteiger partial charge in [-0.3, -0.25) is 4.79 Å². The number of benzene rings is 2. The van der Waals surface area contributed by atoms with E-state index in [0.717, 1.165) is 32.0 Å². The molecule has 3 rings (SSSR count). The normalized spacial score (nSPS) is 11.1. The van der Waals surface area contributed by atoms with Crippen molar-refractivity contribution >= 4 is 39.8 Å². The van der Waals surface area contributed by atoms with E-state index in [9.17, 15) is 4.79 Å². The average Bonchev–Trinajstić information content (AvgIpc) is 2.95. The van der Waals surface area contributed by atoms with E-state index in [2.05, 4.69) is 56.1 Å². The van der Waals surface area contributed by atoms with Gasteiger partial charge in [0.1, 0.15) is 0 Å². The fourth-order valence-corrected chi connectivity index (χ4v) is 3.75. The molecule has 138 valence electrons. The Hall–Kier alpha value is -2.31. The molecule has 1 amide bonds. The topological polar surface area (TPSA) is 46.4 Å². The van der Waals surface area contributed by atoms with E-state index in [1.807, 2.05) is 49.4 Å². The predicted molar refractivity (Wildman–Crippen MR) is 116 cm³/mol. The molecule has 4 nitrogen and oxygen atoms in total. The molecule has 6 heteroatoms. The number of thioether (sulfide) groups is 1. The van der Waals surface area contributed by atoms with Crippen LogP contribution >= 0.6 is 27.7 Å². The molecule has 0 bridgehead atoms. The zero-order chi connectivity index (χ0) is 19.2. The van der Waals surface area contributed by atoms with Gasteiger partial charge in [-0.2, -0.15) is 5.10 Å². The van der Waals surface area contributed by atoms with Crippen LogP contribution in [-0.2, 0) is 4.79 Å². The highest BCUT2D eigenvalue weighted by molar-refractivity contribution is 9.10. The van der Waals surface area contributed by atoms with E-state index in [1.54, 1.807) is 6.21 Å². The Morgan fingerprint density at radius 2 is 1.85 bits per heavy atom. The molecular formula is C21H20BrN3OS. The summed E-state index contributed by atoms with van der Waals surface area (Å²) in [7, 11) is 0. The van der Waals surface area contributed by atoms with E-state index < -0.39 is 0 Å². The Morgan fingerprint density at radius 3 is 2.56 bits per heavy atom. The van der Waals surface area contributed by atoms with Crippen LogP contribution in [-0.4, -0.2) is 22.4 Å². The van der Waals surface area contributed by atoms with Crippen molar-refractivity contribution in [2.24, 2.45) is 5.10 Å². The monoisotopic (exact) mass is 441 g/mol. The van der Waals surface area contributed by atoms with Gasteiger partial charge in [-0.25, -0.2) is 5.43 Å². The van der Waals surface area contributed by atoms with Crippen LogP contribution < -0.4 is 5.43 Å². The molecule has 0 fully saturated rings. The number of nitrogens with zero attached hydrogens (tertiary/aromatic N) is 2. The summed E-state index contributed by atoms with van der Waals surface area (Å²) in [5.74, 6) is 0.209. The second-order valence-electron chi connectivity index (χ2n) is 6.03. The van der Waals surface area contributed by atoms with Gasteiger partial charge in [-0.15, -0.1) is 11.8 Å². The van der Waals surface area contributed by atoms with Gasteiger partial charge in [0.25, 0.3) is 0 Å². The summed E-state index contributed by atoms with van der Waals surface area (Å²) in [5.41, 5.74) is 6.86. The molecule has 0 spiro atoms. The molecule has 2 aromatic carbocycles. The number of halogens is 1. The smallest absolute Gasteiger partial charge is 0.250 e. The number of aryl methyl sites for hydroxylation is 1. The second kappa shape index (κ2) is 9.06. The van der Waals surface area contributed by atoms with Gasteiger partial charge in [0.05, 0.1) is 12.0 Å². The van der Waals surface area contributed by atoms with Gasteiger partial charge in [0.15, 0.2) is 0 Å². The summed E-state index contributed by atoms with van der Waals surface area (Å²) in [6, 6.07) is 20.1. The van der Waals surface area contributed by atoms with Gasteiger partial charge in [0.2, 0.25) is 5.91 Å². The first-order chi connectivity index (χ1) is 13.0. The summed E-state index contributed by atoms with van der Waals surface area (Å²) in [4.78, 5) is 13.0. The van der Waals surface area contributed by atoms with Crippen LogP contribution in [0.4, 0.5) is 0 Å². The number of aromatic nitrogens is 1. The summed E-state index contributed by atoms with van der Waals surface area (Å²) >= 11 is 4.95. The summed E-state index contributed by atoms with van der Waals surface area (Å²) in [6.45, 7) is 4.10. The van der Waals surface area contributed by atoms with Crippen molar-refractivity contribution in [3.8, 4) is 5.69 Å². The van der Waals surface area contributed by atoms with Crippen molar-refractivity contribution in [1.29, 1.82) is 0 Å². The van der Waals surface area contributed by atoms with E-state index in [0.29, 0.717) is 5.75 Å². The average molecular weight is 442 g/mol. The molecule has 0 unspecified atom stereocenters. The first-order valence-electron chi connectivity index (χ1n) is 8.49. The Kier molecular flexibility index (Phi) is 6.53. The zero-order valence-corrected chi connectivity index (χ0v) is 17.5. The molecule has 0 saturated carbocycles. The third kappa shape index (κ3) is 5.11. The van der Waals surface area contributed by atoms with Crippen LogP contribution in [0.15, 0.2) is 75.1 Å². The van der Waals surface area contributed by atoms with Gasteiger partial charge < -0.3 is 4.57 Å². The van der Waals surface area contributed by atoms with Crippen LogP contribution in [0.1, 0.15) is 17.0 Å². The predicted octanol–water partition coefficient (Wildman–Crippen LogP) is 5.10. The number of nitrogens with one attached hydrogen (secondary N) is 1. The maximum atomic E-state index is 12.0. The number of hydrogen-bond donors (Lipinski definition) is 1. The fraction of sp³-hybridized carbons (Fsp3) is 0.143. The summed E-state index contributed by atoms with van der Waals surface area (Å²) < 4.78 is 3.22. The van der Waals surface area contributed by atoms with E-state index in [-0.39, 0.29) is 5.91 Å². The number of carbonyl (C=O) groups excluding carboxylic acids is 1. The van der Waals surface area contributed by atoms with Gasteiger partial charge in [-0.05, 0) is 56.3 Å². The summed E-state index contributed by atoms with van der Waals surface area (Å²) in [5, 5.41) is 4.12. The molecule has 0 aliphatic heterocycles. The quantitative estimate of drug-likeness (QED) is 0.328. The lowest BCUT2D eigenvalue weighted by Crippen LogP contribution is -2.19. The molecule has 1 N–H and O–H groups in total. The maximum Gasteiger partial charge on any atom is 0.250 e. The molecule has 0 radical (unpaired) electrons. The Labute approximate surface area is 171 Å². The number of carbonyl (C=O) groups is 1. The van der Waals surface area contributed by atoms with Crippen molar-refractivity contribution in [1.82, 2.24) is 9.99 Å². The van der Waals surface area contributed by atoms with Crippen LogP contribution in [0.2, 0.25) is 0 Å². The third-order valence-electron chi connectivity index (χ3n) is 4.06. The SMILES string of the molecule is Cc1cc(/C=N\NC(=O)CSc2ccccc2)c(C)n1-c1ccc(Br)cc1. The lowest BCUT2D eigenvalue weighted by Gasteiger charge is -2.09. The van der Waals surface area contributed by atoms with Crippen LogP contribution in [0.5, 0.6) is 0 Å². The Balaban J connectivity index is 1.63. The van der Waals surface area contributed by atoms with Crippen molar-refractivity contribution in [2.75, 3.05) is 5.75 Å². The van der Waals surface area contributed by atoms with Crippen molar-refractivity contribution in [2.45, 2.75) is 18.7 Å². The van der Waals surface area contributed by atoms with Gasteiger partial charge in [-0.1, -0.05) is 34.1 Å². The van der Waals surface area contributed by atoms with E-state index >= 15 is 0 Å². The Bertz CT molecular complexity index is 950. The molecular weight excluding hydrogens is 422 g/mol. The third-order valence-corrected chi connectivity index (χ3v) is 5.60. The van der Waals surface area contributed by atoms with Crippen LogP contribution in [0.25, 0.3) is 5.69 Å². The van der Waals surface area contributed by atoms with E-state index in [4.69, 9.17) is 0 Å². The summed E-state index contributed by atoms with van der Waals surface area (Å²) in [6.07, 6.45) is 1.70. The molecule has 1 heterocycles. The molecule has 1 aromatic heterocycles. The van der Waals surface area contributed by atoms with E-state index in [1.165, 1.54) is 11.8 Å². The molecule has 0 saturated heterocycles. The minimum atomic E-state index is -0.123. The first kappa shape index (κ1) is 19.5. The largest absolute Gasteiger partial charge is 0.318 e. The standard InChI is InChI=1S/C21H20BrN3OS/c1-15-12-17(16(2)25(15)19-10-8-18(22)9-11-19)13-23-24-21(26)14-27-20-6-4-3-5-7-20/h3-13H,14H2,1-2H3,(H,24,26)/b23-13-. The van der Waals surface area contributed by atoms with Crippen LogP contribution in [0.3, 0.4) is 0 Å². The number of hydrazone groups is 1. The molecule has 0 atom stereocenters. The number of hydrogen-bond acceptors (Lipinski definition) is 3. The first-order valence-corrected chi connectivity index (χ1v) is 10.3. The molecule has 27 heavy (non-hydrogen) atoms. The highest BCUT2D eigenvalue weighted by atomic mass is 79.9. The van der Waals surface area contributed by atoms with Crippen molar-refractivity contribution in [3.63, 3.8) is 0 Å². The second-order valence-corrected chi connectivity index (χ2v) is 8.00. The molecule has 0 aliphatic carbocycles. The van der Waals surface area contributed by atoms with Crippen molar-refractivity contribution in [3.05, 3.63) is 82.1 Å². The highest BCUT2D eigenvalue weighted by Gasteiger charge is 2.09. The molecule has 3 aromatic rings. The minimum absolute atomic E-state index is 0.123. The zero-order valence-electron chi connectivity index (χ0n) is 15.1. The Morgan fingerprint density at radius 1 is 1.15 bits per heavy atom. The lowest BCUT2D eigenvalue weighted by molar-refractivity contribution is -0.118. The number of amides is 1. The molecule has 0 aliphatic rings. The van der Waals surface area contributed by atoms with Gasteiger partial charge >= 0.3 is 0 Å². The van der Waals surface area contributed by atoms with Crippen LogP contribution in [0, 0.1) is 13.8 Å². The highest BCUT2D eigenvalue weighted by Crippen LogP contribution is 2.21. The van der Waals surface area contributed by atoms with Gasteiger partial charge in [0, 0.05) is 32.0 Å². The lowest BCUT2D eigenvalue weighted by atomic mass is 10.2. The maximum absolute atomic E-state index is 12.0. The fourth-order valence-electron chi connectivity index (χ4n) is 2.78. The minimum Gasteiger partial charge on any atom is -0.318 e. The number of rotatable bonds is 6.